The minimum Gasteiger partial charge on any atom is -0.354 e. The molecule has 1 fully saturated rings. The molecular weight excluding hydrogens is 697 g/mol. The number of pyridine rings is 1. The van der Waals surface area contributed by atoms with Crippen molar-refractivity contribution in [2.24, 2.45) is 0 Å². The number of aryl methyl sites for hydroxylation is 2. The normalized spacial score (nSPS) is 18.1. The van der Waals surface area contributed by atoms with Crippen LogP contribution in [0.1, 0.15) is 60.5 Å². The summed E-state index contributed by atoms with van der Waals surface area (Å²) in [5, 5.41) is 6.85. The Morgan fingerprint density at radius 2 is 1.81 bits per heavy atom. The summed E-state index contributed by atoms with van der Waals surface area (Å²) in [7, 11) is 0. The van der Waals surface area contributed by atoms with E-state index in [1.54, 1.807) is 29.6 Å². The third-order valence-corrected chi connectivity index (χ3v) is 9.53. The minimum absolute atomic E-state index is 0.202. The van der Waals surface area contributed by atoms with E-state index >= 15 is 0 Å². The van der Waals surface area contributed by atoms with Crippen LogP contribution in [0.5, 0.6) is 0 Å². The van der Waals surface area contributed by atoms with Crippen molar-refractivity contribution in [1.82, 2.24) is 35.0 Å². The number of nitrogens with zero attached hydrogens (tertiary/aromatic N) is 5. The lowest BCUT2D eigenvalue weighted by atomic mass is 9.95. The summed E-state index contributed by atoms with van der Waals surface area (Å²) >= 11 is 10.0. The van der Waals surface area contributed by atoms with E-state index < -0.39 is 11.6 Å². The molecule has 2 aliphatic rings. The Morgan fingerprint density at radius 3 is 2.58 bits per heavy atom. The molecule has 3 amide bonds. The van der Waals surface area contributed by atoms with Crippen LogP contribution in [0.2, 0.25) is 5.02 Å². The lowest BCUT2D eigenvalue weighted by molar-refractivity contribution is -0.127. The maximum absolute atomic E-state index is 14.0. The van der Waals surface area contributed by atoms with E-state index in [-0.39, 0.29) is 23.8 Å². The quantitative estimate of drug-likeness (QED) is 0.246. The highest BCUT2D eigenvalue weighted by atomic mass is 79.9. The number of carbonyl (C=O) groups excluding carboxylic acids is 2. The first kappa shape index (κ1) is 34.1. The predicted octanol–water partition coefficient (Wildman–Crippen LogP) is 5.92. The van der Waals surface area contributed by atoms with Gasteiger partial charge in [-0.25, -0.2) is 14.2 Å². The van der Waals surface area contributed by atoms with E-state index in [4.69, 9.17) is 16.6 Å². The smallest absolute Gasteiger partial charge is 0.318 e. The van der Waals surface area contributed by atoms with Gasteiger partial charge in [-0.3, -0.25) is 14.7 Å². The van der Waals surface area contributed by atoms with Crippen molar-refractivity contribution in [2.75, 3.05) is 26.2 Å². The zero-order valence-corrected chi connectivity index (χ0v) is 29.7. The molecule has 0 radical (unpaired) electrons. The van der Waals surface area contributed by atoms with E-state index in [1.807, 2.05) is 43.7 Å². The number of nitrogens with one attached hydrogen (secondary N) is 2. The van der Waals surface area contributed by atoms with Crippen molar-refractivity contribution in [3.63, 3.8) is 0 Å². The van der Waals surface area contributed by atoms with Gasteiger partial charge >= 0.3 is 6.03 Å². The Kier molecular flexibility index (Phi) is 10.2. The van der Waals surface area contributed by atoms with Gasteiger partial charge in [-0.05, 0) is 102 Å². The zero-order chi connectivity index (χ0) is 34.0. The van der Waals surface area contributed by atoms with Crippen LogP contribution in [0.4, 0.5) is 9.18 Å². The van der Waals surface area contributed by atoms with Gasteiger partial charge in [-0.15, -0.1) is 0 Å². The number of fused-ring (bicyclic) bond motifs is 2. The first-order valence-electron chi connectivity index (χ1n) is 16.2. The van der Waals surface area contributed by atoms with Crippen LogP contribution in [0, 0.1) is 5.82 Å². The third-order valence-electron chi connectivity index (χ3n) is 8.86. The fraction of sp³-hybridized carbons (Fsp3) is 0.389. The van der Waals surface area contributed by atoms with E-state index in [0.717, 1.165) is 51.0 Å². The summed E-state index contributed by atoms with van der Waals surface area (Å²) in [6, 6.07) is 13.3. The van der Waals surface area contributed by atoms with Crippen LogP contribution < -0.4 is 10.6 Å². The maximum atomic E-state index is 14.0. The number of carbonyl (C=O) groups is 2. The van der Waals surface area contributed by atoms with Crippen LogP contribution in [0.25, 0.3) is 0 Å². The number of amides is 3. The predicted molar refractivity (Wildman–Crippen MR) is 187 cm³/mol. The summed E-state index contributed by atoms with van der Waals surface area (Å²) in [5.41, 5.74) is 5.81. The number of rotatable bonds is 7. The Morgan fingerprint density at radius 1 is 1.04 bits per heavy atom. The van der Waals surface area contributed by atoms with Crippen molar-refractivity contribution in [3.05, 3.63) is 116 Å². The second-order valence-corrected chi connectivity index (χ2v) is 14.9. The molecule has 9 nitrogen and oxygen atoms in total. The monoisotopic (exact) mass is 735 g/mol. The molecule has 12 heteroatoms. The average molecular weight is 737 g/mol. The second-order valence-electron chi connectivity index (χ2n) is 13.5. The molecule has 3 heterocycles. The summed E-state index contributed by atoms with van der Waals surface area (Å²) in [4.78, 5) is 40.8. The van der Waals surface area contributed by atoms with Gasteiger partial charge in [0.15, 0.2) is 0 Å². The lowest BCUT2D eigenvalue weighted by Crippen LogP contribution is -2.64. The maximum Gasteiger partial charge on any atom is 0.318 e. The van der Waals surface area contributed by atoms with Crippen molar-refractivity contribution in [2.45, 2.75) is 64.2 Å². The number of hydrogen-bond donors (Lipinski definition) is 2. The zero-order valence-electron chi connectivity index (χ0n) is 27.3. The summed E-state index contributed by atoms with van der Waals surface area (Å²) in [6.45, 7) is 7.96. The van der Waals surface area contributed by atoms with Crippen LogP contribution in [-0.2, 0) is 30.6 Å². The van der Waals surface area contributed by atoms with Crippen LogP contribution in [0.15, 0.2) is 71.7 Å². The van der Waals surface area contributed by atoms with Crippen LogP contribution >= 0.6 is 27.5 Å². The molecule has 2 N–H and O–H groups in total. The standard InChI is InChI=1S/C36H40BrClFN7O2/c1-36(2,3)43-35(48)46-15-14-44(33-30-11-8-27(38)17-24(30)6-7-25-16-26(37)18-42-32(25)33)21-31(46)34(47)41-13-12-29-19-40-22-45(29)20-23-4-9-28(39)10-5-23/h4-5,8-11,16-19,22,31,33H,6-7,12-15,20-21H2,1-3H3,(H,41,47)(H,43,48)/t31-,33?/m1/s1. The highest BCUT2D eigenvalue weighted by Gasteiger charge is 2.41. The highest BCUT2D eigenvalue weighted by molar-refractivity contribution is 9.10. The molecule has 1 aliphatic carbocycles. The van der Waals surface area contributed by atoms with Crippen molar-refractivity contribution in [3.8, 4) is 0 Å². The Labute approximate surface area is 294 Å². The molecular formula is C36H40BrClFN7O2. The molecule has 252 valence electrons. The molecule has 2 atom stereocenters. The topological polar surface area (TPSA) is 95.4 Å². The van der Waals surface area contributed by atoms with E-state index in [0.29, 0.717) is 44.2 Å². The van der Waals surface area contributed by atoms with Crippen molar-refractivity contribution < 1.29 is 14.0 Å². The summed E-state index contributed by atoms with van der Waals surface area (Å²) in [5.74, 6) is -0.498. The SMILES string of the molecule is CC(C)(C)NC(=O)N1CCN(C2c3ccc(Cl)cc3CCc3cc(Br)cnc32)C[C@@H]1C(=O)NCCc1cncn1Cc1ccc(F)cc1. The van der Waals surface area contributed by atoms with E-state index in [2.05, 4.69) is 48.6 Å². The van der Waals surface area contributed by atoms with Gasteiger partial charge in [0.2, 0.25) is 5.91 Å². The number of halogens is 3. The third kappa shape index (κ3) is 7.90. The summed E-state index contributed by atoms with van der Waals surface area (Å²) < 4.78 is 16.3. The van der Waals surface area contributed by atoms with Gasteiger partial charge < -0.3 is 20.1 Å². The highest BCUT2D eigenvalue weighted by Crippen LogP contribution is 2.38. The van der Waals surface area contributed by atoms with Gasteiger partial charge in [-0.1, -0.05) is 29.8 Å². The molecule has 1 unspecified atom stereocenters. The minimum atomic E-state index is -0.733. The average Bonchev–Trinajstić information content (AvgIpc) is 3.41. The van der Waals surface area contributed by atoms with Gasteiger partial charge in [0, 0.05) is 72.3 Å². The molecule has 6 rings (SSSR count). The van der Waals surface area contributed by atoms with Crippen molar-refractivity contribution in [1.29, 1.82) is 0 Å². The molecule has 48 heavy (non-hydrogen) atoms. The molecule has 0 saturated carbocycles. The number of piperazine rings is 1. The largest absolute Gasteiger partial charge is 0.354 e. The number of hydrogen-bond acceptors (Lipinski definition) is 5. The fourth-order valence-corrected chi connectivity index (χ4v) is 7.17. The number of benzene rings is 2. The lowest BCUT2D eigenvalue weighted by Gasteiger charge is -2.44. The Bertz CT molecular complexity index is 1740. The molecule has 0 bridgehead atoms. The Balaban J connectivity index is 1.23. The molecule has 2 aromatic carbocycles. The van der Waals surface area contributed by atoms with Crippen LogP contribution in [0.3, 0.4) is 0 Å². The molecule has 4 aromatic rings. The molecule has 0 spiro atoms. The number of imidazole rings is 1. The van der Waals surface area contributed by atoms with E-state index in [1.165, 1.54) is 12.1 Å². The first-order chi connectivity index (χ1) is 22.9. The van der Waals surface area contributed by atoms with Gasteiger partial charge in [0.25, 0.3) is 0 Å². The number of urea groups is 1. The van der Waals surface area contributed by atoms with Gasteiger partial charge in [0.05, 0.1) is 18.1 Å². The second kappa shape index (κ2) is 14.4. The van der Waals surface area contributed by atoms with Gasteiger partial charge in [-0.2, -0.15) is 0 Å². The summed E-state index contributed by atoms with van der Waals surface area (Å²) in [6.07, 6.45) is 7.53. The van der Waals surface area contributed by atoms with Gasteiger partial charge in [0.1, 0.15) is 11.9 Å². The molecule has 1 aliphatic heterocycles. The van der Waals surface area contributed by atoms with E-state index in [9.17, 15) is 14.0 Å². The molecule has 2 aromatic heterocycles. The fourth-order valence-electron chi connectivity index (χ4n) is 6.60. The number of aromatic nitrogens is 3. The van der Waals surface area contributed by atoms with Crippen molar-refractivity contribution >= 4 is 39.5 Å². The Hall–Kier alpha value is -3.80. The molecule has 1 saturated heterocycles. The first-order valence-corrected chi connectivity index (χ1v) is 17.4. The van der Waals surface area contributed by atoms with Crippen LogP contribution in [-0.4, -0.2) is 74.0 Å².